The van der Waals surface area contributed by atoms with E-state index in [2.05, 4.69) is 47.6 Å². The van der Waals surface area contributed by atoms with E-state index in [1.165, 1.54) is 24.3 Å². The second-order valence-electron chi connectivity index (χ2n) is 8.18. The highest BCUT2D eigenvalue weighted by Crippen LogP contribution is 2.66. The van der Waals surface area contributed by atoms with Gasteiger partial charge in [-0.15, -0.1) is 41.4 Å². The van der Waals surface area contributed by atoms with Gasteiger partial charge in [-0.3, -0.25) is 9.69 Å². The molecule has 1 aliphatic heterocycles. The molecule has 6 heteroatoms. The van der Waals surface area contributed by atoms with Gasteiger partial charge < -0.3 is 0 Å². The molecule has 0 radical (unpaired) electrons. The molecule has 2 aromatic rings. The van der Waals surface area contributed by atoms with Gasteiger partial charge in [0.25, 0.3) is 0 Å². The Labute approximate surface area is 185 Å². The molecular formula is C23H26N2OS3. The Morgan fingerprint density at radius 2 is 1.86 bits per heavy atom. The molecule has 5 rings (SSSR count). The molecule has 3 aliphatic rings. The summed E-state index contributed by atoms with van der Waals surface area (Å²) in [6, 6.07) is 10.2. The molecule has 1 saturated heterocycles. The molecule has 29 heavy (non-hydrogen) atoms. The van der Waals surface area contributed by atoms with Crippen LogP contribution in [0.3, 0.4) is 0 Å². The Bertz CT molecular complexity index is 875. The van der Waals surface area contributed by atoms with Crippen molar-refractivity contribution >= 4 is 45.9 Å². The molecule has 1 aromatic carbocycles. The van der Waals surface area contributed by atoms with E-state index in [0.717, 1.165) is 29.2 Å². The summed E-state index contributed by atoms with van der Waals surface area (Å²) in [7, 11) is 0. The second kappa shape index (κ2) is 8.12. The summed E-state index contributed by atoms with van der Waals surface area (Å²) in [4.78, 5) is 20.3. The molecule has 2 atom stereocenters. The summed E-state index contributed by atoms with van der Waals surface area (Å²) in [5.41, 5.74) is 2.03. The van der Waals surface area contributed by atoms with E-state index in [-0.39, 0.29) is 11.8 Å². The minimum absolute atomic E-state index is 0.129. The van der Waals surface area contributed by atoms with Crippen LogP contribution in [0.15, 0.2) is 48.4 Å². The predicted octanol–water partition coefficient (Wildman–Crippen LogP) is 5.94. The number of thiazole rings is 1. The van der Waals surface area contributed by atoms with Crippen LogP contribution in [-0.4, -0.2) is 33.0 Å². The summed E-state index contributed by atoms with van der Waals surface area (Å²) < 4.78 is 0.418. The number of anilines is 1. The Morgan fingerprint density at radius 3 is 2.52 bits per heavy atom. The number of hydrogen-bond acceptors (Lipinski definition) is 5. The van der Waals surface area contributed by atoms with Crippen molar-refractivity contribution in [1.29, 1.82) is 0 Å². The molecule has 1 spiro atoms. The first-order valence-electron chi connectivity index (χ1n) is 10.4. The maximum Gasteiger partial charge on any atom is 0.232 e. The van der Waals surface area contributed by atoms with Crippen LogP contribution in [-0.2, 0) is 4.79 Å². The van der Waals surface area contributed by atoms with E-state index in [0.29, 0.717) is 22.5 Å². The SMILES string of the molecule is C=CCN(C(=O)C1CC2CCC(C1)C21SCCS1)c1nc(-c2ccccc2)cs1. The number of benzene rings is 1. The second-order valence-corrected chi connectivity index (χ2v) is 12.0. The smallest absolute Gasteiger partial charge is 0.232 e. The molecule has 3 nitrogen and oxygen atoms in total. The van der Waals surface area contributed by atoms with Gasteiger partial charge in [0, 0.05) is 34.9 Å². The molecule has 1 amide bonds. The van der Waals surface area contributed by atoms with Crippen molar-refractivity contribution in [2.75, 3.05) is 23.0 Å². The van der Waals surface area contributed by atoms with E-state index in [1.54, 1.807) is 11.3 Å². The third kappa shape index (κ3) is 3.47. The molecule has 2 saturated carbocycles. The van der Waals surface area contributed by atoms with Gasteiger partial charge in [0.2, 0.25) is 5.91 Å². The van der Waals surface area contributed by atoms with Gasteiger partial charge in [-0.2, -0.15) is 0 Å². The van der Waals surface area contributed by atoms with Crippen LogP contribution in [0.5, 0.6) is 0 Å². The highest BCUT2D eigenvalue weighted by Gasteiger charge is 2.57. The summed E-state index contributed by atoms with van der Waals surface area (Å²) in [5.74, 6) is 4.31. The molecular weight excluding hydrogens is 416 g/mol. The molecule has 0 N–H and O–H groups in total. The zero-order chi connectivity index (χ0) is 19.8. The van der Waals surface area contributed by atoms with Gasteiger partial charge in [0.15, 0.2) is 5.13 Å². The minimum Gasteiger partial charge on any atom is -0.284 e. The van der Waals surface area contributed by atoms with Gasteiger partial charge in [-0.25, -0.2) is 4.98 Å². The average Bonchev–Trinajstić information content (AvgIpc) is 3.46. The summed E-state index contributed by atoms with van der Waals surface area (Å²) in [6.45, 7) is 4.42. The van der Waals surface area contributed by atoms with Crippen molar-refractivity contribution < 1.29 is 4.79 Å². The van der Waals surface area contributed by atoms with Crippen molar-refractivity contribution in [1.82, 2.24) is 4.98 Å². The van der Waals surface area contributed by atoms with E-state index in [1.807, 2.05) is 29.2 Å². The average molecular weight is 443 g/mol. The monoisotopic (exact) mass is 442 g/mol. The Hall–Kier alpha value is -1.24. The zero-order valence-corrected chi connectivity index (χ0v) is 18.9. The fraction of sp³-hybridized carbons (Fsp3) is 0.478. The number of carbonyl (C=O) groups is 1. The number of hydrogen-bond donors (Lipinski definition) is 0. The number of carbonyl (C=O) groups excluding carboxylic acids is 1. The lowest BCUT2D eigenvalue weighted by Crippen LogP contribution is -2.44. The van der Waals surface area contributed by atoms with Crippen LogP contribution in [0.4, 0.5) is 5.13 Å². The standard InChI is InChI=1S/C23H26N2OS3/c1-2-10-25(22-24-20(15-27-22)16-6-4-3-5-7-16)21(26)17-13-18-8-9-19(14-17)23(18)28-11-12-29-23/h2-7,15,17-19H,1,8-14H2. The third-order valence-corrected chi connectivity index (χ3v) is 11.5. The van der Waals surface area contributed by atoms with Crippen molar-refractivity contribution in [2.24, 2.45) is 17.8 Å². The lowest BCUT2D eigenvalue weighted by atomic mass is 9.79. The van der Waals surface area contributed by atoms with Crippen LogP contribution in [0.1, 0.15) is 25.7 Å². The maximum atomic E-state index is 13.6. The van der Waals surface area contributed by atoms with Crippen molar-refractivity contribution in [3.8, 4) is 11.3 Å². The predicted molar refractivity (Wildman–Crippen MR) is 127 cm³/mol. The Kier molecular flexibility index (Phi) is 5.52. The largest absolute Gasteiger partial charge is 0.284 e. The van der Waals surface area contributed by atoms with E-state index >= 15 is 0 Å². The van der Waals surface area contributed by atoms with Gasteiger partial charge in [-0.05, 0) is 37.5 Å². The summed E-state index contributed by atoms with van der Waals surface area (Å²) in [6.07, 6.45) is 6.50. The normalized spacial score (nSPS) is 27.2. The fourth-order valence-corrected chi connectivity index (χ4v) is 10.1. The molecule has 2 heterocycles. The van der Waals surface area contributed by atoms with Crippen molar-refractivity contribution in [3.63, 3.8) is 0 Å². The number of aromatic nitrogens is 1. The molecule has 2 bridgehead atoms. The lowest BCUT2D eigenvalue weighted by molar-refractivity contribution is -0.123. The first-order chi connectivity index (χ1) is 14.2. The van der Waals surface area contributed by atoms with Crippen molar-refractivity contribution in [2.45, 2.75) is 29.8 Å². The summed E-state index contributed by atoms with van der Waals surface area (Å²) in [5, 5.41) is 2.85. The Morgan fingerprint density at radius 1 is 1.17 bits per heavy atom. The molecule has 152 valence electrons. The van der Waals surface area contributed by atoms with E-state index in [4.69, 9.17) is 4.98 Å². The van der Waals surface area contributed by atoms with E-state index in [9.17, 15) is 4.79 Å². The van der Waals surface area contributed by atoms with Gasteiger partial charge in [0.05, 0.1) is 9.77 Å². The third-order valence-electron chi connectivity index (χ3n) is 6.60. The quantitative estimate of drug-likeness (QED) is 0.537. The van der Waals surface area contributed by atoms with E-state index < -0.39 is 0 Å². The molecule has 1 aromatic heterocycles. The number of thioether (sulfide) groups is 2. The first-order valence-corrected chi connectivity index (χ1v) is 13.3. The molecule has 2 unspecified atom stereocenters. The van der Waals surface area contributed by atoms with Gasteiger partial charge in [0.1, 0.15) is 0 Å². The van der Waals surface area contributed by atoms with Crippen molar-refractivity contribution in [3.05, 3.63) is 48.4 Å². The zero-order valence-electron chi connectivity index (χ0n) is 16.5. The number of amides is 1. The first kappa shape index (κ1) is 19.7. The Balaban J connectivity index is 1.36. The van der Waals surface area contributed by atoms with Crippen LogP contribution in [0, 0.1) is 17.8 Å². The van der Waals surface area contributed by atoms with Crippen LogP contribution in [0.2, 0.25) is 0 Å². The number of nitrogens with zero attached hydrogens (tertiary/aromatic N) is 2. The number of rotatable bonds is 5. The molecule has 3 fully saturated rings. The maximum absolute atomic E-state index is 13.6. The van der Waals surface area contributed by atoms with Gasteiger partial charge >= 0.3 is 0 Å². The van der Waals surface area contributed by atoms with Crippen LogP contribution in [0.25, 0.3) is 11.3 Å². The fourth-order valence-electron chi connectivity index (χ4n) is 5.34. The van der Waals surface area contributed by atoms with Gasteiger partial charge in [-0.1, -0.05) is 36.4 Å². The van der Waals surface area contributed by atoms with Crippen LogP contribution >= 0.6 is 34.9 Å². The minimum atomic E-state index is 0.129. The highest BCUT2D eigenvalue weighted by atomic mass is 32.2. The lowest BCUT2D eigenvalue weighted by Gasteiger charge is -2.43. The topological polar surface area (TPSA) is 33.2 Å². The molecule has 2 aliphatic carbocycles. The summed E-state index contributed by atoms with van der Waals surface area (Å²) >= 11 is 5.93. The highest BCUT2D eigenvalue weighted by molar-refractivity contribution is 8.21. The van der Waals surface area contributed by atoms with Crippen LogP contribution < -0.4 is 4.90 Å².